The highest BCUT2D eigenvalue weighted by molar-refractivity contribution is 5.77. The molecule has 4 heteroatoms. The number of carbonyl (C=O) groups is 2. The average Bonchev–Trinajstić information content (AvgIpc) is 2.79. The fourth-order valence-electron chi connectivity index (χ4n) is 11.2. The van der Waals surface area contributed by atoms with Crippen LogP contribution in [0.25, 0.3) is 0 Å². The van der Waals surface area contributed by atoms with Crippen molar-refractivity contribution in [2.45, 2.75) is 119 Å². The SMILES string of the molecule is CC(=O)O[C@@H]1CC[C@@]2(C)[C@@H](CC[C@]3(C)[C@@H]2CC=C2[C@@H]4[C@@H](C)[C@H](C)CC[C@]4(C)CC[C@]23C)[C@]1(C)C(=O)O. The molecule has 5 rings (SSSR count). The van der Waals surface area contributed by atoms with Gasteiger partial charge in [0.15, 0.2) is 0 Å². The number of aliphatic carboxylic acids is 1. The first-order chi connectivity index (χ1) is 16.6. The number of carboxylic acid groups (broad SMARTS) is 1. The molecule has 0 aliphatic heterocycles. The van der Waals surface area contributed by atoms with E-state index in [1.54, 1.807) is 5.57 Å². The highest BCUT2D eigenvalue weighted by Gasteiger charge is 2.70. The Morgan fingerprint density at radius 2 is 1.61 bits per heavy atom. The maximum absolute atomic E-state index is 12.9. The van der Waals surface area contributed by atoms with Crippen LogP contribution < -0.4 is 0 Å². The molecule has 4 saturated carbocycles. The van der Waals surface area contributed by atoms with E-state index >= 15 is 0 Å². The van der Waals surface area contributed by atoms with Gasteiger partial charge in [-0.15, -0.1) is 0 Å². The van der Waals surface area contributed by atoms with Crippen LogP contribution in [0.3, 0.4) is 0 Å². The monoisotopic (exact) mass is 498 g/mol. The second-order valence-corrected chi connectivity index (χ2v) is 15.0. The molecule has 1 N–H and O–H groups in total. The normalized spacial score (nSPS) is 54.2. The van der Waals surface area contributed by atoms with E-state index in [2.05, 4.69) is 47.6 Å². The molecule has 11 atom stereocenters. The number of fused-ring (bicyclic) bond motifs is 7. The zero-order chi connectivity index (χ0) is 26.5. The highest BCUT2D eigenvalue weighted by Crippen LogP contribution is 2.75. The summed E-state index contributed by atoms with van der Waals surface area (Å²) in [7, 11) is 0. The fraction of sp³-hybridized carbons (Fsp3) is 0.875. The summed E-state index contributed by atoms with van der Waals surface area (Å²) in [6.45, 7) is 18.4. The lowest BCUT2D eigenvalue weighted by molar-refractivity contribution is -0.223. The van der Waals surface area contributed by atoms with Gasteiger partial charge in [-0.25, -0.2) is 0 Å². The Balaban J connectivity index is 1.57. The summed E-state index contributed by atoms with van der Waals surface area (Å²) in [6.07, 6.45) is 12.0. The van der Waals surface area contributed by atoms with Crippen LogP contribution in [0.15, 0.2) is 11.6 Å². The number of esters is 1. The van der Waals surface area contributed by atoms with E-state index in [9.17, 15) is 14.7 Å². The zero-order valence-electron chi connectivity index (χ0n) is 24.1. The summed E-state index contributed by atoms with van der Waals surface area (Å²) in [5.41, 5.74) is 1.40. The summed E-state index contributed by atoms with van der Waals surface area (Å²) in [5, 5.41) is 10.5. The van der Waals surface area contributed by atoms with E-state index < -0.39 is 17.5 Å². The molecule has 0 aromatic rings. The largest absolute Gasteiger partial charge is 0.481 e. The van der Waals surface area contributed by atoms with E-state index in [4.69, 9.17) is 4.74 Å². The third-order valence-corrected chi connectivity index (χ3v) is 13.8. The van der Waals surface area contributed by atoms with Crippen LogP contribution in [0.4, 0.5) is 0 Å². The van der Waals surface area contributed by atoms with E-state index in [0.717, 1.165) is 37.5 Å². The Morgan fingerprint density at radius 3 is 2.25 bits per heavy atom. The summed E-state index contributed by atoms with van der Waals surface area (Å²) in [5.74, 6) is 1.47. The maximum Gasteiger partial charge on any atom is 0.313 e. The molecule has 0 amide bonds. The van der Waals surface area contributed by atoms with Crippen LogP contribution in [0.2, 0.25) is 0 Å². The van der Waals surface area contributed by atoms with Gasteiger partial charge in [-0.3, -0.25) is 9.59 Å². The third kappa shape index (κ3) is 3.17. The van der Waals surface area contributed by atoms with Gasteiger partial charge in [-0.1, -0.05) is 53.2 Å². The van der Waals surface area contributed by atoms with Crippen LogP contribution in [-0.2, 0) is 14.3 Å². The van der Waals surface area contributed by atoms with Gasteiger partial charge in [0.05, 0.1) is 0 Å². The van der Waals surface area contributed by atoms with Crippen molar-refractivity contribution in [2.24, 2.45) is 56.7 Å². The van der Waals surface area contributed by atoms with Crippen molar-refractivity contribution in [3.63, 3.8) is 0 Å². The number of hydrogen-bond acceptors (Lipinski definition) is 3. The molecule has 0 heterocycles. The fourth-order valence-corrected chi connectivity index (χ4v) is 11.2. The van der Waals surface area contributed by atoms with Crippen molar-refractivity contribution >= 4 is 11.9 Å². The minimum atomic E-state index is -1.04. The second-order valence-electron chi connectivity index (χ2n) is 15.0. The molecular weight excluding hydrogens is 448 g/mol. The first-order valence-corrected chi connectivity index (χ1v) is 14.8. The molecule has 5 aliphatic rings. The van der Waals surface area contributed by atoms with E-state index in [-0.39, 0.29) is 28.1 Å². The minimum Gasteiger partial charge on any atom is -0.481 e. The summed E-state index contributed by atoms with van der Waals surface area (Å²) >= 11 is 0. The average molecular weight is 499 g/mol. The number of allylic oxidation sites excluding steroid dienone is 2. The molecular formula is C32H50O4. The molecule has 0 bridgehead atoms. The predicted octanol–water partition coefficient (Wildman–Crippen LogP) is 7.66. The molecule has 0 saturated heterocycles. The van der Waals surface area contributed by atoms with Gasteiger partial charge in [0.1, 0.15) is 11.5 Å². The molecule has 0 aromatic carbocycles. The predicted molar refractivity (Wildman–Crippen MR) is 142 cm³/mol. The van der Waals surface area contributed by atoms with Crippen molar-refractivity contribution in [2.75, 3.05) is 0 Å². The molecule has 0 radical (unpaired) electrons. The number of rotatable bonds is 2. The molecule has 4 nitrogen and oxygen atoms in total. The third-order valence-electron chi connectivity index (χ3n) is 13.8. The van der Waals surface area contributed by atoms with Crippen molar-refractivity contribution < 1.29 is 19.4 Å². The number of carbonyl (C=O) groups excluding carboxylic acids is 1. The first-order valence-electron chi connectivity index (χ1n) is 14.8. The second kappa shape index (κ2) is 8.09. The Bertz CT molecular complexity index is 985. The van der Waals surface area contributed by atoms with Gasteiger partial charge in [-0.2, -0.15) is 0 Å². The standard InChI is InChI=1S/C32H50O4/c1-19-11-14-28(4)17-18-30(6)22(26(28)20(19)2)9-10-23-29(5)15-13-25(36-21(3)33)32(8,27(34)35)24(29)12-16-31(23,30)7/h9,19-20,23-26H,10-18H2,1-8H3,(H,34,35)/t19-,20+,23-,24-,25-,26+,28-,29-,30-,31-,32+/m1/s1. The number of carboxylic acids is 1. The lowest BCUT2D eigenvalue weighted by atomic mass is 9.33. The van der Waals surface area contributed by atoms with Gasteiger partial charge in [0, 0.05) is 6.92 Å². The minimum absolute atomic E-state index is 0.0136. The van der Waals surface area contributed by atoms with Crippen LogP contribution >= 0.6 is 0 Å². The van der Waals surface area contributed by atoms with Crippen molar-refractivity contribution in [1.29, 1.82) is 0 Å². The van der Waals surface area contributed by atoms with Gasteiger partial charge in [-0.05, 0) is 116 Å². The van der Waals surface area contributed by atoms with E-state index in [0.29, 0.717) is 23.7 Å². The number of ether oxygens (including phenoxy) is 1. The van der Waals surface area contributed by atoms with Gasteiger partial charge >= 0.3 is 11.9 Å². The Morgan fingerprint density at radius 1 is 0.917 bits per heavy atom. The van der Waals surface area contributed by atoms with E-state index in [1.807, 2.05) is 6.92 Å². The first kappa shape index (κ1) is 26.3. The van der Waals surface area contributed by atoms with Crippen LogP contribution in [-0.4, -0.2) is 23.1 Å². The molecule has 202 valence electrons. The smallest absolute Gasteiger partial charge is 0.313 e. The molecule has 4 fully saturated rings. The van der Waals surface area contributed by atoms with Gasteiger partial charge in [0.25, 0.3) is 0 Å². The Labute approximate surface area is 219 Å². The number of hydrogen-bond donors (Lipinski definition) is 1. The lowest BCUT2D eigenvalue weighted by Gasteiger charge is -2.71. The Hall–Kier alpha value is -1.32. The van der Waals surface area contributed by atoms with Gasteiger partial charge < -0.3 is 9.84 Å². The summed E-state index contributed by atoms with van der Waals surface area (Å²) in [4.78, 5) is 24.8. The van der Waals surface area contributed by atoms with Gasteiger partial charge in [0.2, 0.25) is 0 Å². The molecule has 0 spiro atoms. The maximum atomic E-state index is 12.9. The molecule has 5 aliphatic carbocycles. The Kier molecular flexibility index (Phi) is 5.91. The topological polar surface area (TPSA) is 63.6 Å². The highest BCUT2D eigenvalue weighted by atomic mass is 16.5. The zero-order valence-corrected chi connectivity index (χ0v) is 24.1. The van der Waals surface area contributed by atoms with E-state index in [1.165, 1.54) is 32.6 Å². The summed E-state index contributed by atoms with van der Waals surface area (Å²) in [6, 6.07) is 0. The van der Waals surface area contributed by atoms with Crippen LogP contribution in [0.5, 0.6) is 0 Å². The van der Waals surface area contributed by atoms with Crippen LogP contribution in [0.1, 0.15) is 113 Å². The van der Waals surface area contributed by atoms with Crippen LogP contribution in [0, 0.1) is 56.7 Å². The van der Waals surface area contributed by atoms with Crippen molar-refractivity contribution in [3.8, 4) is 0 Å². The molecule has 0 aromatic heterocycles. The lowest BCUT2D eigenvalue weighted by Crippen LogP contribution is -2.66. The van der Waals surface area contributed by atoms with Crippen molar-refractivity contribution in [1.82, 2.24) is 0 Å². The van der Waals surface area contributed by atoms with Crippen molar-refractivity contribution in [3.05, 3.63) is 11.6 Å². The molecule has 36 heavy (non-hydrogen) atoms. The quantitative estimate of drug-likeness (QED) is 0.313. The summed E-state index contributed by atoms with van der Waals surface area (Å²) < 4.78 is 5.69. The molecule has 0 unspecified atom stereocenters.